The Labute approximate surface area is 134 Å². The van der Waals surface area contributed by atoms with Crippen molar-refractivity contribution in [3.63, 3.8) is 0 Å². The van der Waals surface area contributed by atoms with E-state index in [2.05, 4.69) is 20.6 Å². The first-order valence-corrected chi connectivity index (χ1v) is 7.81. The van der Waals surface area contributed by atoms with E-state index < -0.39 is 23.6 Å². The molecule has 124 valence electrons. The fourth-order valence-corrected chi connectivity index (χ4v) is 3.28. The van der Waals surface area contributed by atoms with Gasteiger partial charge in [-0.2, -0.15) is 0 Å². The van der Waals surface area contributed by atoms with Crippen LogP contribution in [0.4, 0.5) is 0 Å². The van der Waals surface area contributed by atoms with E-state index >= 15 is 0 Å². The minimum Gasteiger partial charge on any atom is -0.391 e. The van der Waals surface area contributed by atoms with Crippen molar-refractivity contribution in [2.24, 2.45) is 0 Å². The highest BCUT2D eigenvalue weighted by atomic mass is 16.3. The van der Waals surface area contributed by atoms with Gasteiger partial charge in [0.2, 0.25) is 11.8 Å². The zero-order valence-corrected chi connectivity index (χ0v) is 13.0. The van der Waals surface area contributed by atoms with Gasteiger partial charge in [-0.1, -0.05) is 0 Å². The predicted molar refractivity (Wildman–Crippen MR) is 81.0 cm³/mol. The molecule has 2 aliphatic heterocycles. The molecule has 2 fully saturated rings. The van der Waals surface area contributed by atoms with Gasteiger partial charge in [0, 0.05) is 18.9 Å². The highest BCUT2D eigenvalue weighted by molar-refractivity contribution is 5.97. The van der Waals surface area contributed by atoms with E-state index in [9.17, 15) is 14.7 Å². The van der Waals surface area contributed by atoms with Crippen LogP contribution in [0.5, 0.6) is 0 Å². The molecular formula is C15H21N5O3. The highest BCUT2D eigenvalue weighted by Gasteiger charge is 2.57. The Kier molecular flexibility index (Phi) is 4.27. The molecule has 2 amide bonds. The zero-order valence-electron chi connectivity index (χ0n) is 13.0. The highest BCUT2D eigenvalue weighted by Crippen LogP contribution is 2.33. The van der Waals surface area contributed by atoms with E-state index in [1.807, 2.05) is 0 Å². The molecule has 2 saturated heterocycles. The SMILES string of the molecule is CC(O)C(C(=O)NCc1ncccn1)N1CC2(CCCN2)C1=O. The molecule has 3 heterocycles. The summed E-state index contributed by atoms with van der Waals surface area (Å²) in [5.41, 5.74) is -0.518. The number of carbonyl (C=O) groups excluding carboxylic acids is 2. The molecule has 3 unspecified atom stereocenters. The number of likely N-dealkylation sites (tertiary alicyclic amines) is 1. The topological polar surface area (TPSA) is 107 Å². The summed E-state index contributed by atoms with van der Waals surface area (Å²) in [7, 11) is 0. The quantitative estimate of drug-likeness (QED) is 0.589. The molecule has 0 aliphatic carbocycles. The predicted octanol–water partition coefficient (Wildman–Crippen LogP) is -1.19. The number of aliphatic hydroxyl groups is 1. The Bertz CT molecular complexity index is 586. The van der Waals surface area contributed by atoms with Crippen LogP contribution in [-0.2, 0) is 16.1 Å². The van der Waals surface area contributed by atoms with Gasteiger partial charge in [-0.3, -0.25) is 9.59 Å². The smallest absolute Gasteiger partial charge is 0.245 e. The monoisotopic (exact) mass is 319 g/mol. The first kappa shape index (κ1) is 15.8. The fraction of sp³-hybridized carbons (Fsp3) is 0.600. The number of carbonyl (C=O) groups is 2. The van der Waals surface area contributed by atoms with Crippen LogP contribution in [0.25, 0.3) is 0 Å². The standard InChI is InChI=1S/C15H21N5O3/c1-10(21)12(13(22)18-8-11-16-5-3-6-17-11)20-9-15(14(20)23)4-2-7-19-15/h3,5-6,10,12,19,21H,2,4,7-9H2,1H3,(H,18,22). The first-order chi connectivity index (χ1) is 11.0. The number of aromatic nitrogens is 2. The van der Waals surface area contributed by atoms with Crippen molar-refractivity contribution in [3.05, 3.63) is 24.3 Å². The van der Waals surface area contributed by atoms with Gasteiger partial charge in [-0.25, -0.2) is 9.97 Å². The summed E-state index contributed by atoms with van der Waals surface area (Å²) in [4.78, 5) is 34.4. The summed E-state index contributed by atoms with van der Waals surface area (Å²) < 4.78 is 0. The van der Waals surface area contributed by atoms with Gasteiger partial charge in [0.15, 0.2) is 0 Å². The number of nitrogens with zero attached hydrogens (tertiary/aromatic N) is 3. The minimum atomic E-state index is -0.950. The molecule has 1 aromatic rings. The molecule has 0 saturated carbocycles. The second kappa shape index (κ2) is 6.21. The Hall–Kier alpha value is -2.06. The van der Waals surface area contributed by atoms with Gasteiger partial charge in [0.25, 0.3) is 0 Å². The van der Waals surface area contributed by atoms with Crippen molar-refractivity contribution >= 4 is 11.8 Å². The molecule has 3 N–H and O–H groups in total. The van der Waals surface area contributed by atoms with Gasteiger partial charge in [-0.15, -0.1) is 0 Å². The average molecular weight is 319 g/mol. The molecule has 2 aliphatic rings. The first-order valence-electron chi connectivity index (χ1n) is 7.81. The van der Waals surface area contributed by atoms with Crippen molar-refractivity contribution in [2.45, 2.75) is 44.0 Å². The Morgan fingerprint density at radius 2 is 2.26 bits per heavy atom. The van der Waals surface area contributed by atoms with Crippen molar-refractivity contribution in [2.75, 3.05) is 13.1 Å². The number of rotatable bonds is 5. The molecule has 23 heavy (non-hydrogen) atoms. The Morgan fingerprint density at radius 1 is 1.52 bits per heavy atom. The molecular weight excluding hydrogens is 298 g/mol. The maximum Gasteiger partial charge on any atom is 0.245 e. The van der Waals surface area contributed by atoms with Gasteiger partial charge in [-0.05, 0) is 32.4 Å². The molecule has 8 heteroatoms. The lowest BCUT2D eigenvalue weighted by molar-refractivity contribution is -0.164. The van der Waals surface area contributed by atoms with E-state index in [0.29, 0.717) is 12.4 Å². The maximum atomic E-state index is 12.5. The molecule has 3 atom stereocenters. The number of amides is 2. The third-order valence-electron chi connectivity index (χ3n) is 4.46. The van der Waals surface area contributed by atoms with Crippen molar-refractivity contribution in [1.29, 1.82) is 0 Å². The summed E-state index contributed by atoms with van der Waals surface area (Å²) in [6.45, 7) is 2.95. The average Bonchev–Trinajstić information content (AvgIpc) is 3.04. The Morgan fingerprint density at radius 3 is 2.83 bits per heavy atom. The van der Waals surface area contributed by atoms with Crippen molar-refractivity contribution in [1.82, 2.24) is 25.5 Å². The molecule has 0 radical (unpaired) electrons. The summed E-state index contributed by atoms with van der Waals surface area (Å²) >= 11 is 0. The van der Waals surface area contributed by atoms with E-state index in [0.717, 1.165) is 19.4 Å². The van der Waals surface area contributed by atoms with E-state index in [1.54, 1.807) is 18.5 Å². The lowest BCUT2D eigenvalue weighted by Gasteiger charge is -2.50. The molecule has 3 rings (SSSR count). The van der Waals surface area contributed by atoms with Crippen LogP contribution in [0.2, 0.25) is 0 Å². The van der Waals surface area contributed by atoms with Gasteiger partial charge in [0.05, 0.1) is 12.6 Å². The van der Waals surface area contributed by atoms with E-state index in [4.69, 9.17) is 0 Å². The second-order valence-corrected chi connectivity index (χ2v) is 6.11. The number of nitrogens with one attached hydrogen (secondary N) is 2. The lowest BCUT2D eigenvalue weighted by Crippen LogP contribution is -2.76. The van der Waals surface area contributed by atoms with Crippen LogP contribution in [0.15, 0.2) is 18.5 Å². The zero-order chi connectivity index (χ0) is 16.4. The van der Waals surface area contributed by atoms with E-state index in [1.165, 1.54) is 11.8 Å². The summed E-state index contributed by atoms with van der Waals surface area (Å²) in [6.07, 6.45) is 3.98. The van der Waals surface area contributed by atoms with Gasteiger partial charge in [0.1, 0.15) is 17.4 Å². The molecule has 1 aromatic heterocycles. The van der Waals surface area contributed by atoms with Gasteiger partial charge < -0.3 is 20.6 Å². The van der Waals surface area contributed by atoms with Gasteiger partial charge >= 0.3 is 0 Å². The van der Waals surface area contributed by atoms with Crippen LogP contribution in [0, 0.1) is 0 Å². The number of β-lactam (4-membered cyclic amide) rings is 1. The maximum absolute atomic E-state index is 12.5. The molecule has 8 nitrogen and oxygen atoms in total. The Balaban J connectivity index is 1.63. The second-order valence-electron chi connectivity index (χ2n) is 6.11. The van der Waals surface area contributed by atoms with Crippen LogP contribution >= 0.6 is 0 Å². The van der Waals surface area contributed by atoms with Crippen LogP contribution < -0.4 is 10.6 Å². The number of hydrogen-bond donors (Lipinski definition) is 3. The largest absolute Gasteiger partial charge is 0.391 e. The van der Waals surface area contributed by atoms with Crippen LogP contribution in [0.3, 0.4) is 0 Å². The summed E-state index contributed by atoms with van der Waals surface area (Å²) in [5, 5.41) is 15.9. The summed E-state index contributed by atoms with van der Waals surface area (Å²) in [6, 6.07) is 0.802. The molecule has 1 spiro atoms. The fourth-order valence-electron chi connectivity index (χ4n) is 3.28. The van der Waals surface area contributed by atoms with Crippen molar-refractivity contribution in [3.8, 4) is 0 Å². The number of hydrogen-bond acceptors (Lipinski definition) is 6. The van der Waals surface area contributed by atoms with Crippen molar-refractivity contribution < 1.29 is 14.7 Å². The summed E-state index contributed by atoms with van der Waals surface area (Å²) in [5.74, 6) is -0.0188. The van der Waals surface area contributed by atoms with E-state index in [-0.39, 0.29) is 12.5 Å². The third-order valence-corrected chi connectivity index (χ3v) is 4.46. The minimum absolute atomic E-state index is 0.105. The molecule has 0 aromatic carbocycles. The third kappa shape index (κ3) is 2.91. The lowest BCUT2D eigenvalue weighted by atomic mass is 9.84. The normalized spacial score (nSPS) is 26.0. The van der Waals surface area contributed by atoms with Crippen LogP contribution in [-0.4, -0.2) is 62.6 Å². The number of aliphatic hydroxyl groups excluding tert-OH is 1. The van der Waals surface area contributed by atoms with Crippen LogP contribution in [0.1, 0.15) is 25.6 Å². The molecule has 0 bridgehead atoms.